The molecule has 0 saturated carbocycles. The molecular formula is C19H25ClN2O. The second kappa shape index (κ2) is 9.56. The Balaban J connectivity index is 1.89. The second-order valence-electron chi connectivity index (χ2n) is 5.86. The number of benzene rings is 2. The highest BCUT2D eigenvalue weighted by molar-refractivity contribution is 6.30. The first-order valence-electron chi connectivity index (χ1n) is 7.96. The van der Waals surface area contributed by atoms with E-state index < -0.39 is 0 Å². The third kappa shape index (κ3) is 6.61. The van der Waals surface area contributed by atoms with Gasteiger partial charge in [0.05, 0.1) is 0 Å². The van der Waals surface area contributed by atoms with Crippen LogP contribution in [0.25, 0.3) is 0 Å². The highest BCUT2D eigenvalue weighted by atomic mass is 35.5. The Morgan fingerprint density at radius 2 is 1.87 bits per heavy atom. The molecule has 124 valence electrons. The van der Waals surface area contributed by atoms with Crippen molar-refractivity contribution < 1.29 is 4.74 Å². The van der Waals surface area contributed by atoms with Crippen LogP contribution >= 0.6 is 11.6 Å². The van der Waals surface area contributed by atoms with Gasteiger partial charge in [0.15, 0.2) is 0 Å². The van der Waals surface area contributed by atoms with Gasteiger partial charge in [0, 0.05) is 17.1 Å². The molecule has 0 amide bonds. The summed E-state index contributed by atoms with van der Waals surface area (Å²) in [4.78, 5) is 2.19. The first-order valence-corrected chi connectivity index (χ1v) is 8.33. The monoisotopic (exact) mass is 332 g/mol. The van der Waals surface area contributed by atoms with Gasteiger partial charge in [0.25, 0.3) is 0 Å². The van der Waals surface area contributed by atoms with Gasteiger partial charge in [-0.3, -0.25) is 0 Å². The minimum atomic E-state index is 0.566. The van der Waals surface area contributed by atoms with Crippen LogP contribution in [0.4, 0.5) is 0 Å². The minimum absolute atomic E-state index is 0.566. The molecule has 0 aliphatic heterocycles. The number of nitrogens with zero attached hydrogens (tertiary/aromatic N) is 1. The van der Waals surface area contributed by atoms with E-state index >= 15 is 0 Å². The van der Waals surface area contributed by atoms with E-state index in [4.69, 9.17) is 16.3 Å². The Labute approximate surface area is 144 Å². The quantitative estimate of drug-likeness (QED) is 0.703. The van der Waals surface area contributed by atoms with Crippen LogP contribution in [0.15, 0.2) is 48.5 Å². The third-order valence-corrected chi connectivity index (χ3v) is 3.77. The molecule has 0 heterocycles. The summed E-state index contributed by atoms with van der Waals surface area (Å²) < 4.78 is 5.97. The molecule has 2 aromatic carbocycles. The fourth-order valence-electron chi connectivity index (χ4n) is 2.31. The van der Waals surface area contributed by atoms with Crippen LogP contribution in [0.2, 0.25) is 5.02 Å². The highest BCUT2D eigenvalue weighted by Crippen LogP contribution is 2.23. The normalized spacial score (nSPS) is 11.0. The van der Waals surface area contributed by atoms with Crippen LogP contribution in [0.1, 0.15) is 17.5 Å². The molecule has 0 atom stereocenters. The molecule has 2 rings (SSSR count). The summed E-state index contributed by atoms with van der Waals surface area (Å²) in [6, 6.07) is 16.0. The van der Waals surface area contributed by atoms with E-state index in [0.717, 1.165) is 48.0 Å². The van der Waals surface area contributed by atoms with Gasteiger partial charge < -0.3 is 15.0 Å². The van der Waals surface area contributed by atoms with Crippen LogP contribution in [0.5, 0.6) is 5.75 Å². The second-order valence-corrected chi connectivity index (χ2v) is 6.30. The molecule has 0 bridgehead atoms. The molecular weight excluding hydrogens is 308 g/mol. The Bertz CT molecular complexity index is 587. The van der Waals surface area contributed by atoms with Gasteiger partial charge in [-0.15, -0.1) is 0 Å². The van der Waals surface area contributed by atoms with E-state index in [9.17, 15) is 0 Å². The van der Waals surface area contributed by atoms with Crippen molar-refractivity contribution in [3.05, 3.63) is 64.7 Å². The summed E-state index contributed by atoms with van der Waals surface area (Å²) >= 11 is 6.13. The SMILES string of the molecule is CN(C)CCCNCc1cc(Cl)ccc1OCc1ccccc1. The van der Waals surface area contributed by atoms with E-state index in [2.05, 4.69) is 36.4 Å². The van der Waals surface area contributed by atoms with Crippen LogP contribution < -0.4 is 10.1 Å². The highest BCUT2D eigenvalue weighted by Gasteiger charge is 2.05. The van der Waals surface area contributed by atoms with Crippen LogP contribution in [0, 0.1) is 0 Å². The summed E-state index contributed by atoms with van der Waals surface area (Å²) in [6.45, 7) is 3.39. The number of hydrogen-bond acceptors (Lipinski definition) is 3. The molecule has 0 fully saturated rings. The number of nitrogens with one attached hydrogen (secondary N) is 1. The molecule has 4 heteroatoms. The Morgan fingerprint density at radius 1 is 1.09 bits per heavy atom. The van der Waals surface area contributed by atoms with E-state index in [1.807, 2.05) is 36.4 Å². The fraction of sp³-hybridized carbons (Fsp3) is 0.368. The molecule has 2 aromatic rings. The Kier molecular flexibility index (Phi) is 7.40. The number of hydrogen-bond donors (Lipinski definition) is 1. The van der Waals surface area contributed by atoms with Crippen LogP contribution in [0.3, 0.4) is 0 Å². The van der Waals surface area contributed by atoms with Crippen molar-refractivity contribution in [1.82, 2.24) is 10.2 Å². The van der Waals surface area contributed by atoms with Gasteiger partial charge in [-0.25, -0.2) is 0 Å². The van der Waals surface area contributed by atoms with Crippen molar-refractivity contribution in [2.45, 2.75) is 19.6 Å². The van der Waals surface area contributed by atoms with Crippen molar-refractivity contribution in [3.63, 3.8) is 0 Å². The summed E-state index contributed by atoms with van der Waals surface area (Å²) in [5.74, 6) is 0.887. The Morgan fingerprint density at radius 3 is 2.61 bits per heavy atom. The lowest BCUT2D eigenvalue weighted by Gasteiger charge is -2.14. The predicted octanol–water partition coefficient (Wildman–Crippen LogP) is 3.96. The summed E-state index contributed by atoms with van der Waals surface area (Å²) in [5.41, 5.74) is 2.26. The minimum Gasteiger partial charge on any atom is -0.489 e. The number of halogens is 1. The molecule has 0 aliphatic rings. The lowest BCUT2D eigenvalue weighted by molar-refractivity contribution is 0.302. The molecule has 3 nitrogen and oxygen atoms in total. The lowest BCUT2D eigenvalue weighted by Crippen LogP contribution is -2.21. The maximum absolute atomic E-state index is 6.13. The van der Waals surface area contributed by atoms with Gasteiger partial charge in [0.2, 0.25) is 0 Å². The van der Waals surface area contributed by atoms with Crippen molar-refractivity contribution in [3.8, 4) is 5.75 Å². The largest absolute Gasteiger partial charge is 0.489 e. The fourth-order valence-corrected chi connectivity index (χ4v) is 2.50. The predicted molar refractivity (Wildman–Crippen MR) is 97.1 cm³/mol. The van der Waals surface area contributed by atoms with E-state index in [0.29, 0.717) is 6.61 Å². The third-order valence-electron chi connectivity index (χ3n) is 3.53. The van der Waals surface area contributed by atoms with Crippen LogP contribution in [-0.4, -0.2) is 32.1 Å². The van der Waals surface area contributed by atoms with E-state index in [1.165, 1.54) is 0 Å². The van der Waals surface area contributed by atoms with Gasteiger partial charge in [-0.05, 0) is 57.4 Å². The number of ether oxygens (including phenoxy) is 1. The summed E-state index contributed by atoms with van der Waals surface area (Å²) in [6.07, 6.45) is 1.12. The summed E-state index contributed by atoms with van der Waals surface area (Å²) in [5, 5.41) is 4.20. The van der Waals surface area contributed by atoms with E-state index in [1.54, 1.807) is 0 Å². The first-order chi connectivity index (χ1) is 11.1. The standard InChI is InChI=1S/C19H25ClN2O/c1-22(2)12-6-11-21-14-17-13-18(20)9-10-19(17)23-15-16-7-4-3-5-8-16/h3-5,7-10,13,21H,6,11-12,14-15H2,1-2H3. The molecule has 0 aromatic heterocycles. The van der Waals surface area contributed by atoms with Crippen molar-refractivity contribution >= 4 is 11.6 Å². The molecule has 0 radical (unpaired) electrons. The topological polar surface area (TPSA) is 24.5 Å². The van der Waals surface area contributed by atoms with Gasteiger partial charge >= 0.3 is 0 Å². The lowest BCUT2D eigenvalue weighted by atomic mass is 10.2. The van der Waals surface area contributed by atoms with Gasteiger partial charge in [-0.1, -0.05) is 41.9 Å². The molecule has 1 N–H and O–H groups in total. The van der Waals surface area contributed by atoms with Crippen molar-refractivity contribution in [2.75, 3.05) is 27.2 Å². The maximum atomic E-state index is 6.13. The number of rotatable bonds is 9. The maximum Gasteiger partial charge on any atom is 0.124 e. The molecule has 23 heavy (non-hydrogen) atoms. The smallest absolute Gasteiger partial charge is 0.124 e. The van der Waals surface area contributed by atoms with Crippen LogP contribution in [-0.2, 0) is 13.2 Å². The molecule has 0 aliphatic carbocycles. The van der Waals surface area contributed by atoms with Gasteiger partial charge in [0.1, 0.15) is 12.4 Å². The zero-order valence-electron chi connectivity index (χ0n) is 13.9. The average Bonchev–Trinajstić information content (AvgIpc) is 2.54. The average molecular weight is 333 g/mol. The zero-order chi connectivity index (χ0) is 16.5. The van der Waals surface area contributed by atoms with Crippen molar-refractivity contribution in [1.29, 1.82) is 0 Å². The summed E-state index contributed by atoms with van der Waals surface area (Å²) in [7, 11) is 4.18. The Hall–Kier alpha value is -1.55. The zero-order valence-corrected chi connectivity index (χ0v) is 14.6. The van der Waals surface area contributed by atoms with Crippen molar-refractivity contribution in [2.24, 2.45) is 0 Å². The molecule has 0 spiro atoms. The molecule has 0 saturated heterocycles. The van der Waals surface area contributed by atoms with Gasteiger partial charge in [-0.2, -0.15) is 0 Å². The van der Waals surface area contributed by atoms with E-state index in [-0.39, 0.29) is 0 Å². The molecule has 0 unspecified atom stereocenters. The first kappa shape index (κ1) is 17.8.